The van der Waals surface area contributed by atoms with E-state index in [4.69, 9.17) is 11.5 Å². The van der Waals surface area contributed by atoms with Crippen LogP contribution in [-0.4, -0.2) is 25.0 Å². The fourth-order valence-electron chi connectivity index (χ4n) is 0.393. The minimum atomic E-state index is -0.159. The summed E-state index contributed by atoms with van der Waals surface area (Å²) in [5.74, 6) is -0.159. The topological polar surface area (TPSA) is 81.1 Å². The molecule has 0 fully saturated rings. The summed E-state index contributed by atoms with van der Waals surface area (Å²) < 4.78 is 0. The van der Waals surface area contributed by atoms with Crippen molar-refractivity contribution in [2.45, 2.75) is 13.0 Å². The zero-order chi connectivity index (χ0) is 7.28. The maximum absolute atomic E-state index is 10.5. The van der Waals surface area contributed by atoms with Crippen LogP contribution < -0.4 is 16.8 Å². The molecule has 0 rings (SSSR count). The summed E-state index contributed by atoms with van der Waals surface area (Å²) in [6.07, 6.45) is 0. The van der Waals surface area contributed by atoms with E-state index in [1.807, 2.05) is 6.92 Å². The first-order valence-corrected chi connectivity index (χ1v) is 2.90. The normalized spacial score (nSPS) is 12.8. The van der Waals surface area contributed by atoms with E-state index in [2.05, 4.69) is 5.32 Å². The van der Waals surface area contributed by atoms with E-state index in [1.54, 1.807) is 0 Å². The lowest BCUT2D eigenvalue weighted by molar-refractivity contribution is -0.120. The molecule has 0 aliphatic carbocycles. The van der Waals surface area contributed by atoms with Gasteiger partial charge in [0, 0.05) is 12.6 Å². The summed E-state index contributed by atoms with van der Waals surface area (Å²) in [5.41, 5.74) is 10.2. The molecule has 0 aromatic carbocycles. The van der Waals surface area contributed by atoms with Crippen molar-refractivity contribution in [3.8, 4) is 0 Å². The molecule has 0 saturated heterocycles. The van der Waals surface area contributed by atoms with Crippen LogP contribution in [0.25, 0.3) is 0 Å². The summed E-state index contributed by atoms with van der Waals surface area (Å²) in [7, 11) is 0. The van der Waals surface area contributed by atoms with Gasteiger partial charge in [-0.25, -0.2) is 0 Å². The van der Waals surface area contributed by atoms with E-state index < -0.39 is 0 Å². The van der Waals surface area contributed by atoms with Crippen LogP contribution in [0, 0.1) is 0 Å². The van der Waals surface area contributed by atoms with Crippen molar-refractivity contribution in [1.82, 2.24) is 5.32 Å². The van der Waals surface area contributed by atoms with Gasteiger partial charge in [-0.15, -0.1) is 0 Å². The number of nitrogens with one attached hydrogen (secondary N) is 1. The Bertz CT molecular complexity index is 94.2. The molecule has 0 unspecified atom stereocenters. The van der Waals surface area contributed by atoms with Crippen molar-refractivity contribution in [3.05, 3.63) is 0 Å². The number of nitrogens with two attached hydrogens (primary N) is 2. The van der Waals surface area contributed by atoms with Crippen LogP contribution in [0.4, 0.5) is 0 Å². The molecular weight excluding hydrogens is 118 g/mol. The van der Waals surface area contributed by atoms with Gasteiger partial charge in [-0.1, -0.05) is 0 Å². The molecule has 0 aliphatic rings. The largest absolute Gasteiger partial charge is 0.351 e. The average molecular weight is 131 g/mol. The van der Waals surface area contributed by atoms with Gasteiger partial charge in [0.15, 0.2) is 0 Å². The van der Waals surface area contributed by atoms with E-state index in [0.29, 0.717) is 6.54 Å². The van der Waals surface area contributed by atoms with Crippen LogP contribution in [0.15, 0.2) is 0 Å². The Morgan fingerprint density at radius 1 is 1.67 bits per heavy atom. The van der Waals surface area contributed by atoms with Gasteiger partial charge in [-0.05, 0) is 6.92 Å². The molecule has 0 aromatic rings. The lowest BCUT2D eigenvalue weighted by atomic mass is 10.3. The zero-order valence-electron chi connectivity index (χ0n) is 5.55. The molecule has 54 valence electrons. The first kappa shape index (κ1) is 8.39. The molecule has 0 radical (unpaired) electrons. The van der Waals surface area contributed by atoms with E-state index in [1.165, 1.54) is 0 Å². The highest BCUT2D eigenvalue weighted by Gasteiger charge is 2.00. The lowest BCUT2D eigenvalue weighted by Gasteiger charge is -2.08. The van der Waals surface area contributed by atoms with Crippen molar-refractivity contribution < 1.29 is 4.79 Å². The summed E-state index contributed by atoms with van der Waals surface area (Å²) >= 11 is 0. The molecule has 9 heavy (non-hydrogen) atoms. The lowest BCUT2D eigenvalue weighted by Crippen LogP contribution is -2.40. The van der Waals surface area contributed by atoms with E-state index in [9.17, 15) is 4.79 Å². The minimum Gasteiger partial charge on any atom is -0.351 e. The molecule has 0 aliphatic heterocycles. The molecule has 1 atom stereocenters. The predicted molar refractivity (Wildman–Crippen MR) is 35.7 cm³/mol. The van der Waals surface area contributed by atoms with Gasteiger partial charge in [0.1, 0.15) is 0 Å². The van der Waals surface area contributed by atoms with Crippen LogP contribution in [-0.2, 0) is 4.79 Å². The molecule has 4 nitrogen and oxygen atoms in total. The maximum atomic E-state index is 10.5. The van der Waals surface area contributed by atoms with Crippen LogP contribution in [0.1, 0.15) is 6.92 Å². The predicted octanol–water partition coefficient (Wildman–Crippen LogP) is -1.59. The van der Waals surface area contributed by atoms with Crippen molar-refractivity contribution >= 4 is 5.91 Å². The highest BCUT2D eigenvalue weighted by atomic mass is 16.1. The fourth-order valence-corrected chi connectivity index (χ4v) is 0.393. The number of carbonyl (C=O) groups excluding carboxylic acids is 1. The van der Waals surface area contributed by atoms with Crippen molar-refractivity contribution in [2.24, 2.45) is 11.5 Å². The summed E-state index contributed by atoms with van der Waals surface area (Å²) in [5, 5.41) is 2.59. The quantitative estimate of drug-likeness (QED) is 0.432. The van der Waals surface area contributed by atoms with Gasteiger partial charge in [-0.2, -0.15) is 0 Å². The SMILES string of the molecule is C[C@@H](CN)NC(=O)CN. The molecule has 0 aromatic heterocycles. The van der Waals surface area contributed by atoms with Crippen LogP contribution in [0.2, 0.25) is 0 Å². The van der Waals surface area contributed by atoms with Gasteiger partial charge < -0.3 is 16.8 Å². The Morgan fingerprint density at radius 3 is 2.56 bits per heavy atom. The third-order valence-corrected chi connectivity index (χ3v) is 0.946. The Morgan fingerprint density at radius 2 is 2.22 bits per heavy atom. The second-order valence-electron chi connectivity index (χ2n) is 1.91. The smallest absolute Gasteiger partial charge is 0.233 e. The molecule has 1 amide bonds. The Balaban J connectivity index is 3.34. The summed E-state index contributed by atoms with van der Waals surface area (Å²) in [4.78, 5) is 10.5. The number of hydrogen-bond donors (Lipinski definition) is 3. The van der Waals surface area contributed by atoms with Gasteiger partial charge in [0.2, 0.25) is 5.91 Å². The van der Waals surface area contributed by atoms with E-state index in [0.717, 1.165) is 0 Å². The summed E-state index contributed by atoms with van der Waals surface area (Å²) in [6.45, 7) is 2.31. The second kappa shape index (κ2) is 4.29. The molecular formula is C5H13N3O. The highest BCUT2D eigenvalue weighted by Crippen LogP contribution is 1.73. The van der Waals surface area contributed by atoms with Crippen molar-refractivity contribution in [1.29, 1.82) is 0 Å². The van der Waals surface area contributed by atoms with Gasteiger partial charge in [0.25, 0.3) is 0 Å². The minimum absolute atomic E-state index is 0.0287. The van der Waals surface area contributed by atoms with Crippen molar-refractivity contribution in [3.63, 3.8) is 0 Å². The molecule has 0 heterocycles. The monoisotopic (exact) mass is 131 g/mol. The molecule has 5 N–H and O–H groups in total. The summed E-state index contributed by atoms with van der Waals surface area (Å²) in [6, 6.07) is 0.0287. The number of hydrogen-bond acceptors (Lipinski definition) is 3. The Labute approximate surface area is 54.6 Å². The molecule has 4 heteroatoms. The number of carbonyl (C=O) groups is 1. The van der Waals surface area contributed by atoms with Gasteiger partial charge in [0.05, 0.1) is 6.54 Å². The first-order valence-electron chi connectivity index (χ1n) is 2.90. The fraction of sp³-hybridized carbons (Fsp3) is 0.800. The third-order valence-electron chi connectivity index (χ3n) is 0.946. The number of amides is 1. The molecule has 0 spiro atoms. The van der Waals surface area contributed by atoms with Crippen molar-refractivity contribution in [2.75, 3.05) is 13.1 Å². The third kappa shape index (κ3) is 3.93. The highest BCUT2D eigenvalue weighted by molar-refractivity contribution is 5.77. The second-order valence-corrected chi connectivity index (χ2v) is 1.91. The average Bonchev–Trinajstić information content (AvgIpc) is 1.87. The van der Waals surface area contributed by atoms with E-state index >= 15 is 0 Å². The van der Waals surface area contributed by atoms with Crippen LogP contribution in [0.3, 0.4) is 0 Å². The van der Waals surface area contributed by atoms with Gasteiger partial charge >= 0.3 is 0 Å². The molecule has 0 bridgehead atoms. The van der Waals surface area contributed by atoms with E-state index in [-0.39, 0.29) is 18.5 Å². The van der Waals surface area contributed by atoms with Crippen LogP contribution >= 0.6 is 0 Å². The Hall–Kier alpha value is -0.610. The standard InChI is InChI=1S/C5H13N3O/c1-4(2-6)8-5(9)3-7/h4H,2-3,6-7H2,1H3,(H,8,9)/t4-/m0/s1. The molecule has 0 saturated carbocycles. The van der Waals surface area contributed by atoms with Crippen LogP contribution in [0.5, 0.6) is 0 Å². The zero-order valence-corrected chi connectivity index (χ0v) is 5.55. The first-order chi connectivity index (χ1) is 4.20. The number of rotatable bonds is 3. The Kier molecular flexibility index (Phi) is 4.00. The maximum Gasteiger partial charge on any atom is 0.233 e. The van der Waals surface area contributed by atoms with Gasteiger partial charge in [-0.3, -0.25) is 4.79 Å².